The van der Waals surface area contributed by atoms with Gasteiger partial charge in [-0.25, -0.2) is 0 Å². The maximum atomic E-state index is 11.7. The van der Waals surface area contributed by atoms with Crippen LogP contribution in [0.15, 0.2) is 21.5 Å². The molecule has 8 heteroatoms. The summed E-state index contributed by atoms with van der Waals surface area (Å²) in [5, 5.41) is 8.71. The van der Waals surface area contributed by atoms with Crippen molar-refractivity contribution in [3.63, 3.8) is 0 Å². The van der Waals surface area contributed by atoms with E-state index in [1.807, 2.05) is 0 Å². The summed E-state index contributed by atoms with van der Waals surface area (Å²) >= 11 is 0. The third-order valence-corrected chi connectivity index (χ3v) is 1.96. The number of aliphatic hydroxyl groups excluding tert-OH is 1. The zero-order valence-corrected chi connectivity index (χ0v) is 9.90. The monoisotopic (exact) mass is 282 g/mol. The van der Waals surface area contributed by atoms with E-state index in [2.05, 4.69) is 4.74 Å². The number of hydrogen-bond acceptors (Lipinski definition) is 5. The molecule has 0 saturated heterocycles. The predicted octanol–water partition coefficient (Wildman–Crippen LogP) is 1.48. The van der Waals surface area contributed by atoms with Crippen LogP contribution in [0.1, 0.15) is 12.2 Å². The van der Waals surface area contributed by atoms with Crippen LogP contribution in [0, 0.1) is 0 Å². The third kappa shape index (κ3) is 6.25. The van der Waals surface area contributed by atoms with Gasteiger partial charge in [-0.1, -0.05) is 0 Å². The van der Waals surface area contributed by atoms with Gasteiger partial charge in [0.2, 0.25) is 11.2 Å². The zero-order valence-electron chi connectivity index (χ0n) is 9.90. The van der Waals surface area contributed by atoms with Crippen LogP contribution in [0.4, 0.5) is 13.2 Å². The lowest BCUT2D eigenvalue weighted by atomic mass is 10.4. The molecule has 0 atom stereocenters. The molecular weight excluding hydrogens is 269 g/mol. The molecule has 108 valence electrons. The molecule has 0 aromatic carbocycles. The van der Waals surface area contributed by atoms with E-state index in [-0.39, 0.29) is 31.1 Å². The van der Waals surface area contributed by atoms with Crippen LogP contribution in [0.5, 0.6) is 5.75 Å². The van der Waals surface area contributed by atoms with Gasteiger partial charge in [0.25, 0.3) is 0 Å². The number of ether oxygens (including phenoxy) is 2. The number of alkyl halides is 3. The van der Waals surface area contributed by atoms with Gasteiger partial charge in [-0.05, 0) is 0 Å². The molecule has 0 bridgehead atoms. The fourth-order valence-corrected chi connectivity index (χ4v) is 1.16. The highest BCUT2D eigenvalue weighted by Gasteiger charge is 2.27. The first kappa shape index (κ1) is 15.5. The summed E-state index contributed by atoms with van der Waals surface area (Å²) in [5.74, 6) is 0.0406. The predicted molar refractivity (Wildman–Crippen MR) is 57.9 cm³/mol. The average Bonchev–Trinajstić information content (AvgIpc) is 2.33. The van der Waals surface area contributed by atoms with Crippen molar-refractivity contribution in [2.24, 2.45) is 0 Å². The molecule has 0 aliphatic rings. The Balaban J connectivity index is 2.25. The molecule has 0 saturated carbocycles. The van der Waals surface area contributed by atoms with Gasteiger partial charge in [-0.15, -0.1) is 0 Å². The summed E-state index contributed by atoms with van der Waals surface area (Å²) in [5.41, 5.74) is -0.466. The molecule has 0 unspecified atom stereocenters. The minimum Gasteiger partial charge on any atom is -0.487 e. The second kappa shape index (κ2) is 7.15. The van der Waals surface area contributed by atoms with E-state index >= 15 is 0 Å². The number of aliphatic hydroxyl groups is 1. The van der Waals surface area contributed by atoms with E-state index in [4.69, 9.17) is 14.3 Å². The maximum absolute atomic E-state index is 11.7. The minimum atomic E-state index is -4.35. The Hall–Kier alpha value is -1.54. The molecule has 1 aromatic rings. The van der Waals surface area contributed by atoms with Crippen molar-refractivity contribution in [1.29, 1.82) is 0 Å². The Morgan fingerprint density at radius 3 is 2.63 bits per heavy atom. The van der Waals surface area contributed by atoms with Gasteiger partial charge < -0.3 is 19.0 Å². The van der Waals surface area contributed by atoms with E-state index in [1.165, 1.54) is 0 Å². The number of halogens is 3. The van der Waals surface area contributed by atoms with E-state index < -0.39 is 24.8 Å². The number of hydrogen-bond donors (Lipinski definition) is 1. The fraction of sp³-hybridized carbons (Fsp3) is 0.545. The first-order valence-electron chi connectivity index (χ1n) is 5.42. The smallest absolute Gasteiger partial charge is 0.411 e. The van der Waals surface area contributed by atoms with E-state index in [1.54, 1.807) is 0 Å². The van der Waals surface area contributed by atoms with Crippen LogP contribution in [-0.2, 0) is 11.3 Å². The van der Waals surface area contributed by atoms with Gasteiger partial charge in [-0.2, -0.15) is 13.2 Å². The molecule has 0 amide bonds. The second-order valence-corrected chi connectivity index (χ2v) is 3.60. The average molecular weight is 282 g/mol. The standard InChI is InChI=1S/C11H13F3O5/c12-11(13,14)7-17-2-1-3-18-10-6-19-8(5-15)4-9(10)16/h4,6,15H,1-3,5,7H2. The van der Waals surface area contributed by atoms with Crippen LogP contribution in [0.25, 0.3) is 0 Å². The first-order chi connectivity index (χ1) is 8.92. The molecule has 0 radical (unpaired) electrons. The van der Waals surface area contributed by atoms with Crippen molar-refractivity contribution in [1.82, 2.24) is 0 Å². The highest BCUT2D eigenvalue weighted by molar-refractivity contribution is 5.17. The zero-order chi connectivity index (χ0) is 14.3. The Morgan fingerprint density at radius 2 is 2.05 bits per heavy atom. The topological polar surface area (TPSA) is 68.9 Å². The summed E-state index contributed by atoms with van der Waals surface area (Å²) in [6.07, 6.45) is -3.09. The Labute approximate surface area is 106 Å². The van der Waals surface area contributed by atoms with Crippen LogP contribution in [0.2, 0.25) is 0 Å². The van der Waals surface area contributed by atoms with Gasteiger partial charge >= 0.3 is 6.18 Å². The number of rotatable bonds is 7. The Bertz CT molecular complexity index is 441. The molecule has 1 aromatic heterocycles. The molecule has 1 heterocycles. The molecule has 0 aliphatic heterocycles. The van der Waals surface area contributed by atoms with E-state index in [0.29, 0.717) is 0 Å². The quantitative estimate of drug-likeness (QED) is 0.767. The summed E-state index contributed by atoms with van der Waals surface area (Å²) in [7, 11) is 0. The molecule has 1 N–H and O–H groups in total. The van der Waals surface area contributed by atoms with Crippen molar-refractivity contribution in [3.05, 3.63) is 28.3 Å². The van der Waals surface area contributed by atoms with Gasteiger partial charge in [0.05, 0.1) is 13.2 Å². The SMILES string of the molecule is O=c1cc(CO)occ1OCCCOCC(F)(F)F. The molecule has 19 heavy (non-hydrogen) atoms. The lowest BCUT2D eigenvalue weighted by Gasteiger charge is -2.08. The van der Waals surface area contributed by atoms with E-state index in [0.717, 1.165) is 12.3 Å². The van der Waals surface area contributed by atoms with Crippen LogP contribution >= 0.6 is 0 Å². The second-order valence-electron chi connectivity index (χ2n) is 3.60. The Kier molecular flexibility index (Phi) is 5.84. The molecule has 1 rings (SSSR count). The van der Waals surface area contributed by atoms with Crippen molar-refractivity contribution < 1.29 is 32.2 Å². The van der Waals surface area contributed by atoms with Crippen molar-refractivity contribution in [2.75, 3.05) is 19.8 Å². The molecule has 0 fully saturated rings. The third-order valence-electron chi connectivity index (χ3n) is 1.96. The van der Waals surface area contributed by atoms with Crippen molar-refractivity contribution >= 4 is 0 Å². The van der Waals surface area contributed by atoms with Crippen molar-refractivity contribution in [3.8, 4) is 5.75 Å². The first-order valence-corrected chi connectivity index (χ1v) is 5.42. The lowest BCUT2D eigenvalue weighted by molar-refractivity contribution is -0.174. The van der Waals surface area contributed by atoms with Crippen LogP contribution in [-0.4, -0.2) is 31.1 Å². The van der Waals surface area contributed by atoms with Gasteiger partial charge in [0.1, 0.15) is 25.2 Å². The largest absolute Gasteiger partial charge is 0.487 e. The summed E-state index contributed by atoms with van der Waals surface area (Å²) in [4.78, 5) is 11.4. The molecule has 5 nitrogen and oxygen atoms in total. The normalized spacial score (nSPS) is 11.6. The molecule has 0 spiro atoms. The maximum Gasteiger partial charge on any atom is 0.411 e. The molecular formula is C11H13F3O5. The molecule has 0 aliphatic carbocycles. The highest BCUT2D eigenvalue weighted by atomic mass is 19.4. The van der Waals surface area contributed by atoms with Crippen molar-refractivity contribution in [2.45, 2.75) is 19.2 Å². The van der Waals surface area contributed by atoms with Gasteiger partial charge in [-0.3, -0.25) is 4.79 Å². The fourth-order valence-electron chi connectivity index (χ4n) is 1.16. The minimum absolute atomic E-state index is 0.0289. The lowest BCUT2D eigenvalue weighted by Crippen LogP contribution is -2.18. The van der Waals surface area contributed by atoms with Crippen LogP contribution < -0.4 is 10.2 Å². The van der Waals surface area contributed by atoms with E-state index in [9.17, 15) is 18.0 Å². The van der Waals surface area contributed by atoms with Crippen LogP contribution in [0.3, 0.4) is 0 Å². The summed E-state index contributed by atoms with van der Waals surface area (Å²) in [6.45, 7) is -1.80. The van der Waals surface area contributed by atoms with Gasteiger partial charge in [0, 0.05) is 12.5 Å². The Morgan fingerprint density at radius 1 is 1.32 bits per heavy atom. The summed E-state index contributed by atoms with van der Waals surface area (Å²) in [6, 6.07) is 1.08. The summed E-state index contributed by atoms with van der Waals surface area (Å²) < 4.78 is 49.4. The highest BCUT2D eigenvalue weighted by Crippen LogP contribution is 2.14. The van der Waals surface area contributed by atoms with Gasteiger partial charge in [0.15, 0.2) is 0 Å².